The minimum Gasteiger partial charge on any atom is -0.392 e. The summed E-state index contributed by atoms with van der Waals surface area (Å²) in [5.74, 6) is -0.667. The SMILES string of the molecule is CCC(C(N)=S)S(=O)(=O)Nc1cc(Br)ccc1F. The number of nitrogens with two attached hydrogens (primary N) is 1. The number of rotatable bonds is 5. The van der Waals surface area contributed by atoms with E-state index in [1.807, 2.05) is 0 Å². The predicted molar refractivity (Wildman–Crippen MR) is 77.5 cm³/mol. The second kappa shape index (κ2) is 5.94. The Bertz CT molecular complexity index is 563. The van der Waals surface area contributed by atoms with Crippen molar-refractivity contribution < 1.29 is 12.8 Å². The third-order valence-corrected chi connectivity index (χ3v) is 5.01. The van der Waals surface area contributed by atoms with Crippen molar-refractivity contribution in [2.75, 3.05) is 4.72 Å². The fraction of sp³-hybridized carbons (Fsp3) is 0.300. The van der Waals surface area contributed by atoms with Gasteiger partial charge in [-0.1, -0.05) is 35.1 Å². The van der Waals surface area contributed by atoms with Crippen LogP contribution in [0.2, 0.25) is 0 Å². The molecule has 0 bridgehead atoms. The van der Waals surface area contributed by atoms with Gasteiger partial charge in [-0.2, -0.15) is 0 Å². The Kier molecular flexibility index (Phi) is 5.06. The molecule has 1 aromatic carbocycles. The van der Waals surface area contributed by atoms with Gasteiger partial charge in [-0.25, -0.2) is 12.8 Å². The van der Waals surface area contributed by atoms with Crippen molar-refractivity contribution >= 4 is 48.8 Å². The maximum absolute atomic E-state index is 13.5. The van der Waals surface area contributed by atoms with Crippen molar-refractivity contribution in [1.82, 2.24) is 0 Å². The summed E-state index contributed by atoms with van der Waals surface area (Å²) in [6, 6.07) is 3.96. The first kappa shape index (κ1) is 15.3. The molecular formula is C10H12BrFN2O2S2. The van der Waals surface area contributed by atoms with E-state index in [0.717, 1.165) is 6.07 Å². The van der Waals surface area contributed by atoms with E-state index < -0.39 is 21.1 Å². The molecule has 0 aliphatic heterocycles. The molecule has 1 atom stereocenters. The van der Waals surface area contributed by atoms with Gasteiger partial charge < -0.3 is 5.73 Å². The molecule has 0 spiro atoms. The largest absolute Gasteiger partial charge is 0.392 e. The van der Waals surface area contributed by atoms with Gasteiger partial charge in [-0.3, -0.25) is 4.72 Å². The molecule has 1 unspecified atom stereocenters. The van der Waals surface area contributed by atoms with Crippen molar-refractivity contribution in [3.63, 3.8) is 0 Å². The van der Waals surface area contributed by atoms with Crippen LogP contribution in [-0.2, 0) is 10.0 Å². The smallest absolute Gasteiger partial charge is 0.242 e. The molecular weight excluding hydrogens is 343 g/mol. The molecule has 0 heterocycles. The van der Waals surface area contributed by atoms with Crippen LogP contribution in [0.25, 0.3) is 0 Å². The Morgan fingerprint density at radius 2 is 2.22 bits per heavy atom. The standard InChI is InChI=1S/C10H12BrFN2O2S2/c1-2-9(10(13)17)18(15,16)14-8-5-6(11)3-4-7(8)12/h3-5,9,14H,2H2,1H3,(H2,13,17). The molecule has 0 aromatic heterocycles. The minimum absolute atomic E-state index is 0.139. The van der Waals surface area contributed by atoms with Crippen LogP contribution in [0, 0.1) is 5.82 Å². The number of hydrogen-bond acceptors (Lipinski definition) is 3. The van der Waals surface area contributed by atoms with Gasteiger partial charge in [0, 0.05) is 4.47 Å². The summed E-state index contributed by atoms with van der Waals surface area (Å²) in [7, 11) is -3.84. The predicted octanol–water partition coefficient (Wildman–Crippen LogP) is 2.39. The Labute approximate surface area is 119 Å². The van der Waals surface area contributed by atoms with Crippen LogP contribution in [0.4, 0.5) is 10.1 Å². The third-order valence-electron chi connectivity index (χ3n) is 2.24. The van der Waals surface area contributed by atoms with Crippen molar-refractivity contribution in [3.8, 4) is 0 Å². The lowest BCUT2D eigenvalue weighted by molar-refractivity contribution is 0.592. The first-order valence-corrected chi connectivity index (χ1v) is 7.78. The zero-order valence-electron chi connectivity index (χ0n) is 9.48. The van der Waals surface area contributed by atoms with E-state index in [0.29, 0.717) is 4.47 Å². The van der Waals surface area contributed by atoms with E-state index in [1.54, 1.807) is 6.92 Å². The van der Waals surface area contributed by atoms with Crippen LogP contribution >= 0.6 is 28.1 Å². The summed E-state index contributed by atoms with van der Waals surface area (Å²) in [5, 5.41) is -1.02. The Morgan fingerprint density at radius 1 is 1.61 bits per heavy atom. The number of nitrogens with one attached hydrogen (secondary N) is 1. The molecule has 0 fully saturated rings. The van der Waals surface area contributed by atoms with Crippen molar-refractivity contribution in [1.29, 1.82) is 0 Å². The van der Waals surface area contributed by atoms with Crippen LogP contribution in [0.15, 0.2) is 22.7 Å². The molecule has 8 heteroatoms. The molecule has 1 rings (SSSR count). The lowest BCUT2D eigenvalue weighted by atomic mass is 10.3. The Morgan fingerprint density at radius 3 is 2.72 bits per heavy atom. The highest BCUT2D eigenvalue weighted by Crippen LogP contribution is 2.22. The molecule has 0 saturated carbocycles. The number of anilines is 1. The van der Waals surface area contributed by atoms with E-state index >= 15 is 0 Å². The summed E-state index contributed by atoms with van der Waals surface area (Å²) < 4.78 is 40.1. The zero-order chi connectivity index (χ0) is 13.9. The molecule has 4 nitrogen and oxygen atoms in total. The number of thiocarbonyl (C=S) groups is 1. The lowest BCUT2D eigenvalue weighted by Gasteiger charge is -2.16. The Balaban J connectivity index is 3.09. The van der Waals surface area contributed by atoms with Crippen LogP contribution in [0.1, 0.15) is 13.3 Å². The fourth-order valence-corrected chi connectivity index (χ4v) is 3.63. The molecule has 0 radical (unpaired) electrons. The minimum atomic E-state index is -3.84. The second-order valence-electron chi connectivity index (χ2n) is 3.57. The molecule has 1 aromatic rings. The zero-order valence-corrected chi connectivity index (χ0v) is 12.7. The van der Waals surface area contributed by atoms with E-state index in [1.165, 1.54) is 12.1 Å². The molecule has 3 N–H and O–H groups in total. The molecule has 18 heavy (non-hydrogen) atoms. The first-order chi connectivity index (χ1) is 8.27. The third kappa shape index (κ3) is 3.63. The van der Waals surface area contributed by atoms with E-state index in [9.17, 15) is 12.8 Å². The number of hydrogen-bond donors (Lipinski definition) is 2. The van der Waals surface area contributed by atoms with Gasteiger partial charge in [0.25, 0.3) is 0 Å². The summed E-state index contributed by atoms with van der Waals surface area (Å²) in [4.78, 5) is -0.139. The maximum atomic E-state index is 13.5. The first-order valence-electron chi connectivity index (χ1n) is 5.04. The van der Waals surface area contributed by atoms with E-state index in [2.05, 4.69) is 20.7 Å². The monoisotopic (exact) mass is 354 g/mol. The fourth-order valence-electron chi connectivity index (χ4n) is 1.37. The van der Waals surface area contributed by atoms with E-state index in [4.69, 9.17) is 18.0 Å². The van der Waals surface area contributed by atoms with Gasteiger partial charge in [-0.15, -0.1) is 0 Å². The van der Waals surface area contributed by atoms with Crippen LogP contribution in [-0.4, -0.2) is 18.7 Å². The van der Waals surface area contributed by atoms with Crippen LogP contribution in [0.5, 0.6) is 0 Å². The Hall–Kier alpha value is -0.730. The highest BCUT2D eigenvalue weighted by atomic mass is 79.9. The summed E-state index contributed by atoms with van der Waals surface area (Å²) in [6.45, 7) is 1.64. The van der Waals surface area contributed by atoms with E-state index in [-0.39, 0.29) is 17.1 Å². The van der Waals surface area contributed by atoms with Crippen LogP contribution in [0.3, 0.4) is 0 Å². The van der Waals surface area contributed by atoms with Crippen LogP contribution < -0.4 is 10.5 Å². The summed E-state index contributed by atoms with van der Waals surface area (Å²) >= 11 is 7.83. The molecule has 0 aliphatic carbocycles. The highest BCUT2D eigenvalue weighted by molar-refractivity contribution is 9.10. The van der Waals surface area contributed by atoms with Crippen molar-refractivity contribution in [2.45, 2.75) is 18.6 Å². The average molecular weight is 355 g/mol. The number of sulfonamides is 1. The van der Waals surface area contributed by atoms with Gasteiger partial charge in [0.1, 0.15) is 11.1 Å². The molecule has 0 saturated heterocycles. The quantitative estimate of drug-likeness (QED) is 0.796. The molecule has 100 valence electrons. The maximum Gasteiger partial charge on any atom is 0.242 e. The summed E-state index contributed by atoms with van der Waals surface area (Å²) in [6.07, 6.45) is 0.223. The van der Waals surface area contributed by atoms with Gasteiger partial charge in [-0.05, 0) is 24.6 Å². The van der Waals surface area contributed by atoms with Gasteiger partial charge in [0.05, 0.1) is 10.7 Å². The second-order valence-corrected chi connectivity index (χ2v) is 6.82. The number of benzene rings is 1. The summed E-state index contributed by atoms with van der Waals surface area (Å²) in [5.41, 5.74) is 5.22. The molecule has 0 aliphatic rings. The lowest BCUT2D eigenvalue weighted by Crippen LogP contribution is -2.37. The average Bonchev–Trinajstić information content (AvgIpc) is 2.22. The van der Waals surface area contributed by atoms with Gasteiger partial charge >= 0.3 is 0 Å². The van der Waals surface area contributed by atoms with Gasteiger partial charge in [0.2, 0.25) is 10.0 Å². The normalized spacial score (nSPS) is 13.1. The van der Waals surface area contributed by atoms with Crippen molar-refractivity contribution in [3.05, 3.63) is 28.5 Å². The van der Waals surface area contributed by atoms with Crippen molar-refractivity contribution in [2.24, 2.45) is 5.73 Å². The highest BCUT2D eigenvalue weighted by Gasteiger charge is 2.27. The topological polar surface area (TPSA) is 72.2 Å². The number of halogens is 2. The van der Waals surface area contributed by atoms with Gasteiger partial charge in [0.15, 0.2) is 0 Å². The molecule has 0 amide bonds.